The highest BCUT2D eigenvalue weighted by atomic mass is 32.2. The van der Waals surface area contributed by atoms with E-state index in [9.17, 15) is 9.59 Å². The van der Waals surface area contributed by atoms with Gasteiger partial charge in [0, 0.05) is 46.3 Å². The Balaban J connectivity index is 0.00000216. The van der Waals surface area contributed by atoms with Gasteiger partial charge in [-0.15, -0.1) is 45.3 Å². The molecule has 4 N–H and O–H groups in total. The zero-order valence-electron chi connectivity index (χ0n) is 21.9. The first-order chi connectivity index (χ1) is 19.2. The number of aliphatic carboxylic acids is 2. The van der Waals surface area contributed by atoms with Gasteiger partial charge in [-0.2, -0.15) is 0 Å². The van der Waals surface area contributed by atoms with Crippen molar-refractivity contribution in [3.8, 4) is 40.8 Å². The van der Waals surface area contributed by atoms with Crippen LogP contribution in [-0.2, 0) is 9.59 Å². The van der Waals surface area contributed by atoms with Crippen LogP contribution < -0.4 is 15.2 Å². The molecule has 0 saturated carbocycles. The van der Waals surface area contributed by atoms with Gasteiger partial charge < -0.3 is 25.4 Å². The smallest absolute Gasteiger partial charge is 0.306 e. The number of rotatable bonds is 14. The van der Waals surface area contributed by atoms with E-state index in [0.717, 1.165) is 39.0 Å². The SMILES string of the molecule is C=CSC(=C)c1cc(OCCC(=O)O)c(-c2ccc(-c3sc(-c4ccc(C)s4)cc3OCCC(=O)O)s2)s1.CN. The average Bonchev–Trinajstić information content (AvgIpc) is 3.71. The second-order valence-electron chi connectivity index (χ2n) is 7.87. The molecule has 7 nitrogen and oxygen atoms in total. The molecule has 4 rings (SSSR count). The molecule has 0 saturated heterocycles. The Morgan fingerprint density at radius 1 is 0.850 bits per heavy atom. The van der Waals surface area contributed by atoms with Crippen LogP contribution in [0.3, 0.4) is 0 Å². The number of nitrogens with two attached hydrogens (primary N) is 1. The molecule has 4 heterocycles. The second kappa shape index (κ2) is 15.2. The molecule has 0 fully saturated rings. The van der Waals surface area contributed by atoms with Crippen LogP contribution in [0.25, 0.3) is 34.2 Å². The summed E-state index contributed by atoms with van der Waals surface area (Å²) in [5.41, 5.74) is 4.50. The van der Waals surface area contributed by atoms with Crippen molar-refractivity contribution in [2.45, 2.75) is 19.8 Å². The first kappa shape index (κ1) is 31.7. The van der Waals surface area contributed by atoms with Crippen LogP contribution in [0.2, 0.25) is 0 Å². The van der Waals surface area contributed by atoms with Gasteiger partial charge in [-0.25, -0.2) is 0 Å². The molecule has 0 unspecified atom stereocenters. The molecule has 0 radical (unpaired) electrons. The topological polar surface area (TPSA) is 119 Å². The monoisotopic (exact) mass is 635 g/mol. The molecule has 40 heavy (non-hydrogen) atoms. The summed E-state index contributed by atoms with van der Waals surface area (Å²) in [4.78, 5) is 31.0. The predicted octanol–water partition coefficient (Wildman–Crippen LogP) is 8.37. The summed E-state index contributed by atoms with van der Waals surface area (Å²) in [6, 6.07) is 12.1. The van der Waals surface area contributed by atoms with E-state index >= 15 is 0 Å². The van der Waals surface area contributed by atoms with E-state index in [0.29, 0.717) is 11.5 Å². The summed E-state index contributed by atoms with van der Waals surface area (Å²) in [5.74, 6) is -0.554. The molecule has 0 atom stereocenters. The lowest BCUT2D eigenvalue weighted by molar-refractivity contribution is -0.138. The van der Waals surface area contributed by atoms with Gasteiger partial charge in [0.2, 0.25) is 0 Å². The van der Waals surface area contributed by atoms with Crippen LogP contribution in [0.15, 0.2) is 55.0 Å². The highest BCUT2D eigenvalue weighted by Gasteiger charge is 2.20. The number of hydrogen-bond donors (Lipinski definition) is 3. The third-order valence-corrected chi connectivity index (χ3v) is 10.8. The van der Waals surface area contributed by atoms with Crippen LogP contribution in [0.4, 0.5) is 0 Å². The van der Waals surface area contributed by atoms with Gasteiger partial charge in [0.15, 0.2) is 0 Å². The fraction of sp³-hybridized carbons (Fsp3) is 0.214. The lowest BCUT2D eigenvalue weighted by Gasteiger charge is -2.05. The van der Waals surface area contributed by atoms with Gasteiger partial charge in [0.1, 0.15) is 11.5 Å². The highest BCUT2D eigenvalue weighted by molar-refractivity contribution is 8.11. The van der Waals surface area contributed by atoms with Crippen molar-refractivity contribution in [2.75, 3.05) is 20.3 Å². The number of ether oxygens (including phenoxy) is 2. The molecule has 0 aliphatic carbocycles. The molecule has 4 aromatic rings. The quantitative estimate of drug-likeness (QED) is 0.126. The van der Waals surface area contributed by atoms with Crippen LogP contribution in [0.5, 0.6) is 11.5 Å². The lowest BCUT2D eigenvalue weighted by Crippen LogP contribution is -2.04. The van der Waals surface area contributed by atoms with Crippen molar-refractivity contribution in [1.29, 1.82) is 0 Å². The molecule has 0 aromatic carbocycles. The van der Waals surface area contributed by atoms with E-state index in [1.807, 2.05) is 24.3 Å². The van der Waals surface area contributed by atoms with E-state index < -0.39 is 11.9 Å². The second-order valence-corrected chi connectivity index (χ2v) is 13.4. The fourth-order valence-electron chi connectivity index (χ4n) is 3.37. The molecule has 12 heteroatoms. The number of carboxylic acids is 2. The summed E-state index contributed by atoms with van der Waals surface area (Å²) in [5, 5.41) is 19.8. The van der Waals surface area contributed by atoms with Crippen LogP contribution in [0.1, 0.15) is 22.6 Å². The Morgan fingerprint density at radius 3 is 1.93 bits per heavy atom. The first-order valence-electron chi connectivity index (χ1n) is 11.9. The lowest BCUT2D eigenvalue weighted by atomic mass is 10.3. The van der Waals surface area contributed by atoms with Crippen molar-refractivity contribution in [1.82, 2.24) is 0 Å². The van der Waals surface area contributed by atoms with Crippen molar-refractivity contribution < 1.29 is 29.3 Å². The maximum Gasteiger partial charge on any atom is 0.306 e. The highest BCUT2D eigenvalue weighted by Crippen LogP contribution is 2.50. The summed E-state index contributed by atoms with van der Waals surface area (Å²) in [6.45, 7) is 10.1. The molecule has 0 spiro atoms. The number of thiophene rings is 4. The zero-order valence-corrected chi connectivity index (χ0v) is 26.0. The van der Waals surface area contributed by atoms with Crippen molar-refractivity contribution in [3.05, 3.63) is 64.7 Å². The van der Waals surface area contributed by atoms with Crippen LogP contribution in [0, 0.1) is 6.92 Å². The number of carbonyl (C=O) groups is 2. The van der Waals surface area contributed by atoms with Gasteiger partial charge in [0.05, 0.1) is 35.8 Å². The van der Waals surface area contributed by atoms with Gasteiger partial charge >= 0.3 is 11.9 Å². The van der Waals surface area contributed by atoms with Crippen molar-refractivity contribution in [2.24, 2.45) is 5.73 Å². The third-order valence-electron chi connectivity index (χ3n) is 5.08. The summed E-state index contributed by atoms with van der Waals surface area (Å²) < 4.78 is 11.8. The van der Waals surface area contributed by atoms with E-state index in [2.05, 4.69) is 37.9 Å². The number of carboxylic acid groups (broad SMARTS) is 2. The molecule has 0 aliphatic rings. The van der Waals surface area contributed by atoms with Gasteiger partial charge in [-0.05, 0) is 43.6 Å². The number of thioether (sulfide) groups is 1. The van der Waals surface area contributed by atoms with Gasteiger partial charge in [-0.1, -0.05) is 24.9 Å². The predicted molar refractivity (Wildman–Crippen MR) is 171 cm³/mol. The first-order valence-corrected chi connectivity index (χ1v) is 16.1. The van der Waals surface area contributed by atoms with Crippen molar-refractivity contribution >= 4 is 74.0 Å². The van der Waals surface area contributed by atoms with E-state index in [-0.39, 0.29) is 26.1 Å². The Kier molecular flexibility index (Phi) is 12.0. The minimum absolute atomic E-state index is 0.0634. The molecule has 0 bridgehead atoms. The Morgan fingerprint density at radius 2 is 1.40 bits per heavy atom. The van der Waals surface area contributed by atoms with Gasteiger partial charge in [0.25, 0.3) is 0 Å². The van der Waals surface area contributed by atoms with E-state index in [1.165, 1.54) is 35.0 Å². The van der Waals surface area contributed by atoms with Crippen LogP contribution in [-0.4, -0.2) is 42.4 Å². The Hall–Kier alpha value is -2.87. The Labute approximate surface area is 253 Å². The molecule has 4 aromatic heterocycles. The summed E-state index contributed by atoms with van der Waals surface area (Å²) in [7, 11) is 1.50. The van der Waals surface area contributed by atoms with Crippen molar-refractivity contribution in [3.63, 3.8) is 0 Å². The fourth-order valence-corrected chi connectivity index (χ4v) is 8.27. The normalized spacial score (nSPS) is 10.5. The molecule has 0 amide bonds. The standard InChI is InChI=1S/C27H24O6S5.CH5N/c1-4-34-16(3)22-13-17(32-11-9-24(28)29)26(37-22)20-7-8-21(36-20)27-18(33-12-10-25(30)31)14-23(38-27)19-6-5-15(2)35-19;1-2/h4-8,13-14H,1,3,9-12H2,2H3,(H,28,29)(H,30,31);2H2,1H3. The molecular weight excluding hydrogens is 607 g/mol. The molecule has 212 valence electrons. The number of hydrogen-bond acceptors (Lipinski definition) is 10. The summed E-state index contributed by atoms with van der Waals surface area (Å²) >= 11 is 7.84. The molecule has 0 aliphatic heterocycles. The number of aryl methyl sites for hydroxylation is 1. The van der Waals surface area contributed by atoms with Gasteiger partial charge in [-0.3, -0.25) is 9.59 Å². The van der Waals surface area contributed by atoms with Crippen LogP contribution >= 0.6 is 57.1 Å². The zero-order chi connectivity index (χ0) is 29.2. The average molecular weight is 636 g/mol. The summed E-state index contributed by atoms with van der Waals surface area (Å²) in [6.07, 6.45) is -0.181. The largest absolute Gasteiger partial charge is 0.491 e. The Bertz CT molecular complexity index is 1480. The minimum Gasteiger partial charge on any atom is -0.491 e. The maximum absolute atomic E-state index is 11.0. The third kappa shape index (κ3) is 8.32. The molecular formula is C28H29NO6S5. The van der Waals surface area contributed by atoms with E-state index in [4.69, 9.17) is 19.7 Å². The maximum atomic E-state index is 11.0. The van der Waals surface area contributed by atoms with E-state index in [1.54, 1.807) is 39.4 Å². The minimum atomic E-state index is -0.920.